The van der Waals surface area contributed by atoms with E-state index in [1.807, 2.05) is 23.6 Å². The van der Waals surface area contributed by atoms with Gasteiger partial charge >= 0.3 is 0 Å². The first-order valence-electron chi connectivity index (χ1n) is 9.05. The van der Waals surface area contributed by atoms with E-state index < -0.39 is 0 Å². The molecule has 1 aromatic heterocycles. The summed E-state index contributed by atoms with van der Waals surface area (Å²) in [7, 11) is 3.21. The number of hydrogen-bond acceptors (Lipinski definition) is 8. The van der Waals surface area contributed by atoms with Gasteiger partial charge in [0.2, 0.25) is 5.91 Å². The van der Waals surface area contributed by atoms with E-state index in [1.54, 1.807) is 26.0 Å². The molecule has 7 nitrogen and oxygen atoms in total. The van der Waals surface area contributed by atoms with Gasteiger partial charge in [0.25, 0.3) is 0 Å². The smallest absolute Gasteiger partial charge is 0.236 e. The molecule has 1 aromatic carbocycles. The second-order valence-corrected chi connectivity index (χ2v) is 8.13. The molecular weight excluding hydrogens is 398 g/mol. The molecule has 1 aliphatic rings. The van der Waals surface area contributed by atoms with Crippen molar-refractivity contribution in [3.8, 4) is 22.8 Å². The lowest BCUT2D eigenvalue weighted by atomic mass is 10.1. The molecule has 0 saturated carbocycles. The molecule has 1 aliphatic heterocycles. The van der Waals surface area contributed by atoms with E-state index in [9.17, 15) is 4.79 Å². The van der Waals surface area contributed by atoms with Gasteiger partial charge in [0.15, 0.2) is 16.6 Å². The second kappa shape index (κ2) is 10.7. The molecule has 0 atom stereocenters. The number of carbonyl (C=O) groups excluding carboxylic acids is 1. The van der Waals surface area contributed by atoms with E-state index in [-0.39, 0.29) is 5.91 Å². The SMILES string of the molecule is COc1ccc(-c2csc(NC(=O)CSCCN3CCOCC3)n2)cc1OC. The van der Waals surface area contributed by atoms with Crippen molar-refractivity contribution in [3.63, 3.8) is 0 Å². The summed E-state index contributed by atoms with van der Waals surface area (Å²) in [6.07, 6.45) is 0. The van der Waals surface area contributed by atoms with E-state index in [0.717, 1.165) is 49.9 Å². The zero-order valence-electron chi connectivity index (χ0n) is 16.1. The minimum absolute atomic E-state index is 0.0276. The van der Waals surface area contributed by atoms with E-state index in [0.29, 0.717) is 22.4 Å². The number of carbonyl (C=O) groups is 1. The van der Waals surface area contributed by atoms with Crippen molar-refractivity contribution < 1.29 is 19.0 Å². The number of aromatic nitrogens is 1. The van der Waals surface area contributed by atoms with Gasteiger partial charge < -0.3 is 19.5 Å². The highest BCUT2D eigenvalue weighted by Crippen LogP contribution is 2.33. The minimum atomic E-state index is -0.0276. The molecule has 3 rings (SSSR count). The minimum Gasteiger partial charge on any atom is -0.493 e. The van der Waals surface area contributed by atoms with E-state index in [2.05, 4.69) is 15.2 Å². The second-order valence-electron chi connectivity index (χ2n) is 6.16. The lowest BCUT2D eigenvalue weighted by Crippen LogP contribution is -2.37. The summed E-state index contributed by atoms with van der Waals surface area (Å²) in [4.78, 5) is 19.0. The first kappa shape index (κ1) is 20.9. The van der Waals surface area contributed by atoms with E-state index in [4.69, 9.17) is 14.2 Å². The fourth-order valence-corrected chi connectivity index (χ4v) is 4.32. The molecule has 1 N–H and O–H groups in total. The van der Waals surface area contributed by atoms with Crippen LogP contribution in [0.4, 0.5) is 5.13 Å². The number of thioether (sulfide) groups is 1. The summed E-state index contributed by atoms with van der Waals surface area (Å²) in [6.45, 7) is 4.55. The van der Waals surface area contributed by atoms with Crippen molar-refractivity contribution in [2.45, 2.75) is 0 Å². The summed E-state index contributed by atoms with van der Waals surface area (Å²) in [5.41, 5.74) is 1.70. The molecule has 1 fully saturated rings. The fraction of sp³-hybridized carbons (Fsp3) is 0.474. The Balaban J connectivity index is 1.46. The fourth-order valence-electron chi connectivity index (χ4n) is 2.80. The highest BCUT2D eigenvalue weighted by molar-refractivity contribution is 7.99. The number of nitrogens with one attached hydrogen (secondary N) is 1. The van der Waals surface area contributed by atoms with Crippen LogP contribution in [-0.2, 0) is 9.53 Å². The Morgan fingerprint density at radius 1 is 1.29 bits per heavy atom. The number of amides is 1. The van der Waals surface area contributed by atoms with Crippen molar-refractivity contribution in [2.24, 2.45) is 0 Å². The predicted octanol–water partition coefficient (Wildman–Crippen LogP) is 2.83. The summed E-state index contributed by atoms with van der Waals surface area (Å²) >= 11 is 3.05. The molecule has 1 amide bonds. The Labute approximate surface area is 173 Å². The van der Waals surface area contributed by atoms with E-state index >= 15 is 0 Å². The standard InChI is InChI=1S/C19H25N3O4S2/c1-24-16-4-3-14(11-17(16)25-2)15-12-28-19(20-15)21-18(23)13-27-10-7-22-5-8-26-9-6-22/h3-4,11-12H,5-10,13H2,1-2H3,(H,20,21,23). The van der Waals surface area contributed by atoms with Gasteiger partial charge in [-0.15, -0.1) is 11.3 Å². The van der Waals surface area contributed by atoms with Crippen LogP contribution in [0, 0.1) is 0 Å². The third-order valence-corrected chi connectivity index (χ3v) is 6.01. The van der Waals surface area contributed by atoms with Crippen LogP contribution in [0.1, 0.15) is 0 Å². The third-order valence-electron chi connectivity index (χ3n) is 4.32. The number of thiazole rings is 1. The average Bonchev–Trinajstić information content (AvgIpc) is 3.19. The highest BCUT2D eigenvalue weighted by Gasteiger charge is 2.12. The number of ether oxygens (including phenoxy) is 3. The molecule has 2 aromatic rings. The summed E-state index contributed by atoms with van der Waals surface area (Å²) < 4.78 is 15.9. The van der Waals surface area contributed by atoms with Crippen molar-refractivity contribution in [1.82, 2.24) is 9.88 Å². The molecule has 2 heterocycles. The first-order chi connectivity index (χ1) is 13.7. The van der Waals surface area contributed by atoms with Crippen LogP contribution in [0.2, 0.25) is 0 Å². The van der Waals surface area contributed by atoms with Crippen LogP contribution in [0.3, 0.4) is 0 Å². The maximum atomic E-state index is 12.2. The van der Waals surface area contributed by atoms with Gasteiger partial charge in [-0.05, 0) is 18.2 Å². The topological polar surface area (TPSA) is 72.9 Å². The Morgan fingerprint density at radius 2 is 2.07 bits per heavy atom. The van der Waals surface area contributed by atoms with Gasteiger partial charge in [-0.1, -0.05) is 0 Å². The number of rotatable bonds is 9. The molecule has 0 spiro atoms. The number of methoxy groups -OCH3 is 2. The van der Waals surface area contributed by atoms with Crippen LogP contribution < -0.4 is 14.8 Å². The van der Waals surface area contributed by atoms with Gasteiger partial charge in [-0.25, -0.2) is 4.98 Å². The maximum Gasteiger partial charge on any atom is 0.236 e. The summed E-state index contributed by atoms with van der Waals surface area (Å²) in [6, 6.07) is 5.64. The predicted molar refractivity (Wildman–Crippen MR) is 114 cm³/mol. The van der Waals surface area contributed by atoms with Crippen LogP contribution >= 0.6 is 23.1 Å². The van der Waals surface area contributed by atoms with Crippen molar-refractivity contribution in [1.29, 1.82) is 0 Å². The third kappa shape index (κ3) is 5.84. The van der Waals surface area contributed by atoms with Gasteiger partial charge in [-0.2, -0.15) is 11.8 Å². The quantitative estimate of drug-likeness (QED) is 0.622. The zero-order valence-corrected chi connectivity index (χ0v) is 17.7. The Morgan fingerprint density at radius 3 is 2.82 bits per heavy atom. The number of nitrogens with zero attached hydrogens (tertiary/aromatic N) is 2. The van der Waals surface area contributed by atoms with Gasteiger partial charge in [0.1, 0.15) is 0 Å². The lowest BCUT2D eigenvalue weighted by Gasteiger charge is -2.26. The molecule has 0 radical (unpaired) electrons. The Hall–Kier alpha value is -1.81. The maximum absolute atomic E-state index is 12.2. The molecule has 9 heteroatoms. The molecular formula is C19H25N3O4S2. The molecule has 0 aliphatic carbocycles. The number of hydrogen-bond donors (Lipinski definition) is 1. The zero-order chi connectivity index (χ0) is 19.8. The Kier molecular flexibility index (Phi) is 7.96. The normalized spacial score (nSPS) is 14.6. The Bertz CT molecular complexity index is 778. The lowest BCUT2D eigenvalue weighted by molar-refractivity contribution is -0.113. The van der Waals surface area contributed by atoms with Crippen molar-refractivity contribution >= 4 is 34.1 Å². The first-order valence-corrected chi connectivity index (χ1v) is 11.1. The largest absolute Gasteiger partial charge is 0.493 e. The number of morpholine rings is 1. The summed E-state index contributed by atoms with van der Waals surface area (Å²) in [5, 5.41) is 5.40. The van der Waals surface area contributed by atoms with Crippen LogP contribution in [0.5, 0.6) is 11.5 Å². The monoisotopic (exact) mass is 423 g/mol. The van der Waals surface area contributed by atoms with Crippen LogP contribution in [0.25, 0.3) is 11.3 Å². The molecule has 0 bridgehead atoms. The highest BCUT2D eigenvalue weighted by atomic mass is 32.2. The molecule has 1 saturated heterocycles. The number of benzene rings is 1. The number of anilines is 1. The van der Waals surface area contributed by atoms with E-state index in [1.165, 1.54) is 11.3 Å². The van der Waals surface area contributed by atoms with Crippen LogP contribution in [-0.4, -0.2) is 74.4 Å². The van der Waals surface area contributed by atoms with Gasteiger partial charge in [-0.3, -0.25) is 9.69 Å². The summed E-state index contributed by atoms with van der Waals surface area (Å²) in [5.74, 6) is 2.65. The molecule has 0 unspecified atom stereocenters. The van der Waals surface area contributed by atoms with Gasteiger partial charge in [0.05, 0.1) is 38.9 Å². The molecule has 28 heavy (non-hydrogen) atoms. The van der Waals surface area contributed by atoms with Crippen LogP contribution in [0.15, 0.2) is 23.6 Å². The van der Waals surface area contributed by atoms with Gasteiger partial charge in [0, 0.05) is 36.3 Å². The average molecular weight is 424 g/mol. The molecule has 152 valence electrons. The van der Waals surface area contributed by atoms with Crippen molar-refractivity contribution in [2.75, 3.05) is 63.9 Å². The van der Waals surface area contributed by atoms with Crippen molar-refractivity contribution in [3.05, 3.63) is 23.6 Å².